The zero-order valence-corrected chi connectivity index (χ0v) is 8.92. The zero-order valence-electron chi connectivity index (χ0n) is 8.16. The van der Waals surface area contributed by atoms with Gasteiger partial charge in [0.05, 0.1) is 6.20 Å². The number of rotatable bonds is 3. The molecule has 1 aromatic carbocycles. The summed E-state index contributed by atoms with van der Waals surface area (Å²) in [5.74, 6) is 0.320. The Balaban J connectivity index is 2.42. The van der Waals surface area contributed by atoms with Crippen LogP contribution >= 0.6 is 11.6 Å². The van der Waals surface area contributed by atoms with E-state index in [0.29, 0.717) is 21.7 Å². The Hall–Kier alpha value is -1.42. The third kappa shape index (κ3) is 2.22. The predicted molar refractivity (Wildman–Crippen MR) is 58.3 cm³/mol. The van der Waals surface area contributed by atoms with Crippen molar-refractivity contribution in [3.8, 4) is 5.75 Å². The number of aromatic nitrogens is 1. The van der Waals surface area contributed by atoms with Gasteiger partial charge < -0.3 is 4.74 Å². The first kappa shape index (κ1) is 11.1. The van der Waals surface area contributed by atoms with Crippen LogP contribution in [0.5, 0.6) is 5.75 Å². The molecule has 2 rings (SSSR count). The topological polar surface area (TPSA) is 22.1 Å². The zero-order chi connectivity index (χ0) is 11.5. The summed E-state index contributed by atoms with van der Waals surface area (Å²) < 4.78 is 29.0. The number of halogens is 3. The number of ether oxygens (including phenoxy) is 1. The van der Waals surface area contributed by atoms with E-state index < -0.39 is 13.0 Å². The Morgan fingerprint density at radius 3 is 2.62 bits per heavy atom. The number of hydrogen-bond acceptors (Lipinski definition) is 2. The molecular weight excluding hydrogens is 236 g/mol. The van der Waals surface area contributed by atoms with E-state index in [9.17, 15) is 8.78 Å². The van der Waals surface area contributed by atoms with E-state index in [1.54, 1.807) is 24.3 Å². The van der Waals surface area contributed by atoms with Crippen LogP contribution in [0.25, 0.3) is 10.8 Å². The second-order valence-electron chi connectivity index (χ2n) is 3.16. The summed E-state index contributed by atoms with van der Waals surface area (Å²) >= 11 is 5.88. The lowest BCUT2D eigenvalue weighted by Crippen LogP contribution is -2.07. The van der Waals surface area contributed by atoms with Gasteiger partial charge in [-0.05, 0) is 0 Å². The van der Waals surface area contributed by atoms with E-state index in [1.165, 1.54) is 6.20 Å². The Morgan fingerprint density at radius 2 is 1.94 bits per heavy atom. The highest BCUT2D eigenvalue weighted by molar-refractivity contribution is 6.34. The molecule has 0 unspecified atom stereocenters. The van der Waals surface area contributed by atoms with Crippen LogP contribution in [0.3, 0.4) is 0 Å². The lowest BCUT2D eigenvalue weighted by Gasteiger charge is -2.08. The van der Waals surface area contributed by atoms with Gasteiger partial charge in [-0.25, -0.2) is 13.8 Å². The number of pyridine rings is 1. The Bertz CT molecular complexity index is 504. The predicted octanol–water partition coefficient (Wildman–Crippen LogP) is 3.53. The van der Waals surface area contributed by atoms with Crippen molar-refractivity contribution in [3.05, 3.63) is 35.6 Å². The maximum atomic E-state index is 12.0. The van der Waals surface area contributed by atoms with Gasteiger partial charge in [-0.1, -0.05) is 35.9 Å². The van der Waals surface area contributed by atoms with Crippen LogP contribution in [0.2, 0.25) is 5.15 Å². The number of fused-ring (bicyclic) bond motifs is 1. The Morgan fingerprint density at radius 1 is 1.25 bits per heavy atom. The van der Waals surface area contributed by atoms with Crippen molar-refractivity contribution in [1.29, 1.82) is 0 Å². The van der Waals surface area contributed by atoms with Crippen molar-refractivity contribution >= 4 is 22.4 Å². The molecule has 0 atom stereocenters. The van der Waals surface area contributed by atoms with Gasteiger partial charge >= 0.3 is 0 Å². The summed E-state index contributed by atoms with van der Waals surface area (Å²) in [6, 6.07) is 7.10. The summed E-state index contributed by atoms with van der Waals surface area (Å²) in [5.41, 5.74) is 0. The monoisotopic (exact) mass is 243 g/mol. The van der Waals surface area contributed by atoms with Crippen LogP contribution in [-0.2, 0) is 0 Å². The molecule has 0 aliphatic heterocycles. The number of nitrogens with zero attached hydrogens (tertiary/aromatic N) is 1. The third-order valence-electron chi connectivity index (χ3n) is 2.07. The molecule has 0 bridgehead atoms. The second kappa shape index (κ2) is 4.61. The average Bonchev–Trinajstić information content (AvgIpc) is 2.28. The standard InChI is InChI=1S/C11H8ClF2NO/c12-11-8-4-2-1-3-7(8)9(5-15-11)16-6-10(13)14/h1-5,10H,6H2. The molecule has 0 saturated carbocycles. The van der Waals surface area contributed by atoms with Crippen molar-refractivity contribution in [2.45, 2.75) is 6.43 Å². The van der Waals surface area contributed by atoms with E-state index in [2.05, 4.69) is 4.98 Å². The second-order valence-corrected chi connectivity index (χ2v) is 3.52. The van der Waals surface area contributed by atoms with Gasteiger partial charge in [-0.2, -0.15) is 0 Å². The van der Waals surface area contributed by atoms with Crippen molar-refractivity contribution in [2.75, 3.05) is 6.61 Å². The molecule has 1 heterocycles. The Kier molecular flexibility index (Phi) is 3.19. The largest absolute Gasteiger partial charge is 0.485 e. The van der Waals surface area contributed by atoms with E-state index in [-0.39, 0.29) is 0 Å². The van der Waals surface area contributed by atoms with Gasteiger partial charge in [0.1, 0.15) is 17.5 Å². The number of hydrogen-bond donors (Lipinski definition) is 0. The minimum Gasteiger partial charge on any atom is -0.485 e. The van der Waals surface area contributed by atoms with E-state index in [0.717, 1.165) is 0 Å². The minimum absolute atomic E-state index is 0.320. The molecule has 2 nitrogen and oxygen atoms in total. The molecule has 0 aliphatic rings. The molecule has 2 aromatic rings. The van der Waals surface area contributed by atoms with E-state index in [4.69, 9.17) is 16.3 Å². The molecule has 0 radical (unpaired) electrons. The fourth-order valence-electron chi connectivity index (χ4n) is 1.40. The van der Waals surface area contributed by atoms with Crippen molar-refractivity contribution < 1.29 is 13.5 Å². The highest BCUT2D eigenvalue weighted by atomic mass is 35.5. The molecule has 0 aliphatic carbocycles. The Labute approximate surface area is 95.8 Å². The summed E-state index contributed by atoms with van der Waals surface area (Å²) in [5, 5.41) is 1.71. The number of benzene rings is 1. The molecule has 16 heavy (non-hydrogen) atoms. The maximum absolute atomic E-state index is 12.0. The number of alkyl halides is 2. The molecule has 0 spiro atoms. The van der Waals surface area contributed by atoms with Crippen molar-refractivity contribution in [3.63, 3.8) is 0 Å². The maximum Gasteiger partial charge on any atom is 0.272 e. The van der Waals surface area contributed by atoms with Gasteiger partial charge in [0, 0.05) is 10.8 Å². The van der Waals surface area contributed by atoms with Crippen LogP contribution < -0.4 is 4.74 Å². The van der Waals surface area contributed by atoms with E-state index in [1.807, 2.05) is 0 Å². The lowest BCUT2D eigenvalue weighted by molar-refractivity contribution is 0.0825. The molecule has 0 saturated heterocycles. The molecule has 0 N–H and O–H groups in total. The fraction of sp³-hybridized carbons (Fsp3) is 0.182. The smallest absolute Gasteiger partial charge is 0.272 e. The molecule has 84 valence electrons. The molecule has 0 fully saturated rings. The summed E-state index contributed by atoms with van der Waals surface area (Å²) in [6.07, 6.45) is -1.15. The summed E-state index contributed by atoms with van der Waals surface area (Å²) in [4.78, 5) is 3.88. The third-order valence-corrected chi connectivity index (χ3v) is 2.38. The van der Waals surface area contributed by atoms with Crippen LogP contribution in [0.15, 0.2) is 30.5 Å². The first-order valence-corrected chi connectivity index (χ1v) is 5.00. The first-order chi connectivity index (χ1) is 7.68. The quantitative estimate of drug-likeness (QED) is 0.770. The normalized spacial score (nSPS) is 11.0. The fourth-order valence-corrected chi connectivity index (χ4v) is 1.61. The van der Waals surface area contributed by atoms with Crippen LogP contribution in [0.1, 0.15) is 0 Å². The highest BCUT2D eigenvalue weighted by Gasteiger charge is 2.09. The van der Waals surface area contributed by atoms with Crippen LogP contribution in [-0.4, -0.2) is 18.0 Å². The molecule has 1 aromatic heterocycles. The summed E-state index contributed by atoms with van der Waals surface area (Å²) in [7, 11) is 0. The SMILES string of the molecule is FC(F)COc1cnc(Cl)c2ccccc12. The van der Waals surface area contributed by atoms with Crippen molar-refractivity contribution in [1.82, 2.24) is 4.98 Å². The van der Waals surface area contributed by atoms with Crippen LogP contribution in [0.4, 0.5) is 8.78 Å². The van der Waals surface area contributed by atoms with Gasteiger partial charge in [-0.15, -0.1) is 0 Å². The average molecular weight is 244 g/mol. The molecule has 0 amide bonds. The van der Waals surface area contributed by atoms with Crippen LogP contribution in [0, 0.1) is 0 Å². The van der Waals surface area contributed by atoms with Gasteiger partial charge in [0.25, 0.3) is 6.43 Å². The van der Waals surface area contributed by atoms with Crippen molar-refractivity contribution in [2.24, 2.45) is 0 Å². The van der Waals surface area contributed by atoms with Gasteiger partial charge in [0.2, 0.25) is 0 Å². The van der Waals surface area contributed by atoms with Gasteiger partial charge in [0.15, 0.2) is 0 Å². The lowest BCUT2D eigenvalue weighted by atomic mass is 10.2. The highest BCUT2D eigenvalue weighted by Crippen LogP contribution is 2.29. The molecule has 5 heteroatoms. The summed E-state index contributed by atoms with van der Waals surface area (Å²) in [6.45, 7) is -0.646. The minimum atomic E-state index is -2.51. The first-order valence-electron chi connectivity index (χ1n) is 4.62. The van der Waals surface area contributed by atoms with Gasteiger partial charge in [-0.3, -0.25) is 0 Å². The molecular formula is C11H8ClF2NO. The van der Waals surface area contributed by atoms with E-state index >= 15 is 0 Å².